The predicted octanol–water partition coefficient (Wildman–Crippen LogP) is 12.6. The number of thiazole rings is 2. The van der Waals surface area contributed by atoms with Gasteiger partial charge in [-0.2, -0.15) is 5.26 Å². The zero-order valence-corrected chi connectivity index (χ0v) is 28.5. The van der Waals surface area contributed by atoms with Crippen molar-refractivity contribution in [2.45, 2.75) is 0 Å². The lowest BCUT2D eigenvalue weighted by molar-refractivity contribution is 1.18. The van der Waals surface area contributed by atoms with Crippen molar-refractivity contribution in [2.24, 2.45) is 0 Å². The lowest BCUT2D eigenvalue weighted by Crippen LogP contribution is -1.94. The van der Waals surface area contributed by atoms with E-state index in [9.17, 15) is 5.26 Å². The number of benzene rings is 7. The maximum atomic E-state index is 9.43. The Morgan fingerprint density at radius 1 is 0.569 bits per heavy atom. The molecule has 7 aromatic carbocycles. The largest absolute Gasteiger partial charge is 0.309 e. The Balaban J connectivity index is 1.14. The van der Waals surface area contributed by atoms with Crippen LogP contribution in [0.2, 0.25) is 0 Å². The Bertz CT molecular complexity index is 2960. The van der Waals surface area contributed by atoms with Crippen LogP contribution in [0.15, 0.2) is 140 Å². The van der Waals surface area contributed by atoms with Gasteiger partial charge in [-0.3, -0.25) is 0 Å². The molecular formula is C44H23N5S2. The van der Waals surface area contributed by atoms with Crippen LogP contribution in [-0.4, -0.2) is 14.5 Å². The smallest absolute Gasteiger partial charge is 0.188 e. The van der Waals surface area contributed by atoms with E-state index in [1.54, 1.807) is 22.7 Å². The van der Waals surface area contributed by atoms with E-state index in [2.05, 4.69) is 119 Å². The van der Waals surface area contributed by atoms with Crippen LogP contribution in [-0.2, 0) is 0 Å². The molecule has 236 valence electrons. The molecule has 5 nitrogen and oxygen atoms in total. The number of nitrogens with zero attached hydrogens (tertiary/aromatic N) is 5. The molecule has 7 heteroatoms. The van der Waals surface area contributed by atoms with Crippen LogP contribution < -0.4 is 0 Å². The first-order chi connectivity index (χ1) is 25.1. The van der Waals surface area contributed by atoms with Crippen molar-refractivity contribution in [1.82, 2.24) is 14.5 Å². The molecule has 10 aromatic rings. The number of aromatic nitrogens is 3. The molecule has 0 unspecified atom stereocenters. The molecule has 0 atom stereocenters. The molecule has 0 aliphatic rings. The number of rotatable bonds is 4. The molecule has 0 bridgehead atoms. The summed E-state index contributed by atoms with van der Waals surface area (Å²) >= 11 is 3.21. The zero-order chi connectivity index (χ0) is 34.1. The highest BCUT2D eigenvalue weighted by molar-refractivity contribution is 7.22. The normalized spacial score (nSPS) is 11.5. The summed E-state index contributed by atoms with van der Waals surface area (Å²) < 4.78 is 4.34. The van der Waals surface area contributed by atoms with Gasteiger partial charge in [0.05, 0.1) is 45.0 Å². The first-order valence-corrected chi connectivity index (χ1v) is 18.0. The van der Waals surface area contributed by atoms with Gasteiger partial charge in [-0.1, -0.05) is 54.6 Å². The Hall–Kier alpha value is -6.64. The van der Waals surface area contributed by atoms with Gasteiger partial charge in [-0.25, -0.2) is 14.8 Å². The Labute approximate surface area is 300 Å². The Morgan fingerprint density at radius 2 is 1.18 bits per heavy atom. The van der Waals surface area contributed by atoms with Gasteiger partial charge in [0.15, 0.2) is 5.69 Å². The van der Waals surface area contributed by atoms with Gasteiger partial charge in [-0.15, -0.1) is 22.7 Å². The van der Waals surface area contributed by atoms with Crippen molar-refractivity contribution in [1.29, 1.82) is 5.26 Å². The van der Waals surface area contributed by atoms with Crippen molar-refractivity contribution in [3.8, 4) is 44.0 Å². The number of nitriles is 1. The Morgan fingerprint density at radius 3 is 1.84 bits per heavy atom. The van der Waals surface area contributed by atoms with Crippen molar-refractivity contribution >= 4 is 81.4 Å². The van der Waals surface area contributed by atoms with Crippen LogP contribution in [0.1, 0.15) is 5.56 Å². The molecular weight excluding hydrogens is 663 g/mol. The highest BCUT2D eigenvalue weighted by Gasteiger charge is 2.17. The van der Waals surface area contributed by atoms with E-state index in [1.807, 2.05) is 36.4 Å². The molecule has 0 aliphatic heterocycles. The van der Waals surface area contributed by atoms with Crippen molar-refractivity contribution in [3.05, 3.63) is 157 Å². The molecule has 0 amide bonds. The lowest BCUT2D eigenvalue weighted by atomic mass is 10.0. The lowest BCUT2D eigenvalue weighted by Gasteiger charge is -2.10. The zero-order valence-electron chi connectivity index (χ0n) is 26.8. The maximum Gasteiger partial charge on any atom is 0.188 e. The van der Waals surface area contributed by atoms with E-state index in [-0.39, 0.29) is 0 Å². The van der Waals surface area contributed by atoms with Crippen molar-refractivity contribution in [3.63, 3.8) is 0 Å². The van der Waals surface area contributed by atoms with Crippen LogP contribution in [0.4, 0.5) is 5.69 Å². The van der Waals surface area contributed by atoms with Gasteiger partial charge < -0.3 is 4.57 Å². The molecule has 0 saturated carbocycles. The molecule has 0 aliphatic carbocycles. The summed E-state index contributed by atoms with van der Waals surface area (Å²) in [5.74, 6) is 0. The van der Waals surface area contributed by atoms with E-state index < -0.39 is 0 Å². The summed E-state index contributed by atoms with van der Waals surface area (Å²) in [6.45, 7) is 7.43. The highest BCUT2D eigenvalue weighted by Crippen LogP contribution is 2.40. The number of hydrogen-bond acceptors (Lipinski definition) is 5. The fourth-order valence-electron chi connectivity index (χ4n) is 6.96. The number of hydrogen-bond donors (Lipinski definition) is 0. The first kappa shape index (κ1) is 29.3. The van der Waals surface area contributed by atoms with Crippen molar-refractivity contribution < 1.29 is 0 Å². The molecule has 0 spiro atoms. The van der Waals surface area contributed by atoms with E-state index in [0.29, 0.717) is 11.3 Å². The van der Waals surface area contributed by atoms with Crippen LogP contribution in [0.5, 0.6) is 0 Å². The molecule has 0 N–H and O–H groups in total. The third-order valence-corrected chi connectivity index (χ3v) is 11.6. The van der Waals surface area contributed by atoms with Gasteiger partial charge >= 0.3 is 0 Å². The van der Waals surface area contributed by atoms with Crippen LogP contribution in [0.3, 0.4) is 0 Å². The van der Waals surface area contributed by atoms with Gasteiger partial charge in [-0.05, 0) is 107 Å². The predicted molar refractivity (Wildman–Crippen MR) is 212 cm³/mol. The summed E-state index contributed by atoms with van der Waals surface area (Å²) in [4.78, 5) is 13.5. The Kier molecular flexibility index (Phi) is 6.59. The van der Waals surface area contributed by atoms with Gasteiger partial charge in [0.1, 0.15) is 10.0 Å². The summed E-state index contributed by atoms with van der Waals surface area (Å²) in [7, 11) is 0. The van der Waals surface area contributed by atoms with Crippen LogP contribution in [0.25, 0.3) is 95.8 Å². The minimum absolute atomic E-state index is 0.620. The van der Waals surface area contributed by atoms with Gasteiger partial charge in [0, 0.05) is 32.3 Å². The highest BCUT2D eigenvalue weighted by atomic mass is 32.1. The summed E-state index contributed by atoms with van der Waals surface area (Å²) in [5, 5.41) is 16.0. The van der Waals surface area contributed by atoms with Gasteiger partial charge in [0.25, 0.3) is 0 Å². The number of fused-ring (bicyclic) bond motifs is 6. The second kappa shape index (κ2) is 11.5. The molecule has 10 rings (SSSR count). The van der Waals surface area contributed by atoms with E-state index in [4.69, 9.17) is 16.5 Å². The third kappa shape index (κ3) is 4.87. The average Bonchev–Trinajstić information content (AvgIpc) is 3.90. The minimum Gasteiger partial charge on any atom is -0.309 e. The monoisotopic (exact) mass is 685 g/mol. The molecule has 0 saturated heterocycles. The molecule has 3 aromatic heterocycles. The molecule has 0 fully saturated rings. The molecule has 0 radical (unpaired) electrons. The van der Waals surface area contributed by atoms with E-state index in [0.717, 1.165) is 69.1 Å². The fourth-order valence-corrected chi connectivity index (χ4v) is 8.96. The summed E-state index contributed by atoms with van der Waals surface area (Å²) in [6, 6.07) is 50.6. The quantitative estimate of drug-likeness (QED) is 0.173. The summed E-state index contributed by atoms with van der Waals surface area (Å²) in [6.07, 6.45) is 0. The second-order valence-corrected chi connectivity index (χ2v) is 14.6. The maximum absolute atomic E-state index is 9.43. The fraction of sp³-hybridized carbons (Fsp3) is 0. The standard InChI is InChI=1S/C44H23N5S2/c1-46-33-13-17-38-42(24-33)51-44(48-38)32-12-19-40-36(23-32)35-22-31(43-47-37-16-6-26(25-45)20-41(37)50-43)11-18-39(35)49(40)34-14-9-28(10-15-34)30-8-7-27-4-2-3-5-29(27)21-30/h2-24H. The second-order valence-electron chi connectivity index (χ2n) is 12.5. The van der Waals surface area contributed by atoms with Crippen LogP contribution in [0, 0.1) is 17.9 Å². The van der Waals surface area contributed by atoms with Crippen molar-refractivity contribution in [2.75, 3.05) is 0 Å². The minimum atomic E-state index is 0.620. The topological polar surface area (TPSA) is 58.9 Å². The third-order valence-electron chi connectivity index (χ3n) is 9.49. The van der Waals surface area contributed by atoms with Gasteiger partial charge in [0.2, 0.25) is 0 Å². The summed E-state index contributed by atoms with van der Waals surface area (Å²) in [5.41, 5.74) is 10.7. The molecule has 3 heterocycles. The molecule has 51 heavy (non-hydrogen) atoms. The van der Waals surface area contributed by atoms with Crippen LogP contribution >= 0.6 is 22.7 Å². The first-order valence-electron chi connectivity index (χ1n) is 16.4. The SMILES string of the molecule is [C-]#[N+]c1ccc2nc(-c3ccc4c(c3)c3cc(-c5nc6ccc(C#N)cc6s5)ccc3n4-c3ccc(-c4ccc5ccccc5c4)cc3)sc2c1. The van der Waals surface area contributed by atoms with E-state index >= 15 is 0 Å². The average molecular weight is 686 g/mol. The van der Waals surface area contributed by atoms with E-state index in [1.165, 1.54) is 21.9 Å².